The lowest BCUT2D eigenvalue weighted by Gasteiger charge is -2.02. The lowest BCUT2D eigenvalue weighted by atomic mass is 10.0. The molecule has 3 aromatic heterocycles. The highest BCUT2D eigenvalue weighted by molar-refractivity contribution is 7.28. The zero-order valence-electron chi connectivity index (χ0n) is 10.7. The minimum absolute atomic E-state index is 0.201. The molecule has 0 saturated heterocycles. The van der Waals surface area contributed by atoms with E-state index in [1.807, 2.05) is 11.4 Å². The summed E-state index contributed by atoms with van der Waals surface area (Å²) in [5.41, 5.74) is 6.81. The quantitative estimate of drug-likeness (QED) is 0.566. The summed E-state index contributed by atoms with van der Waals surface area (Å²) in [4.78, 5) is 0.902. The molecule has 0 bridgehead atoms. The number of halogens is 1. The smallest absolute Gasteiger partial charge is 0.187 e. The molecule has 2 N–H and O–H groups in total. The molecule has 4 aromatic rings. The van der Waals surface area contributed by atoms with Gasteiger partial charge in [-0.15, -0.1) is 22.7 Å². The van der Waals surface area contributed by atoms with Crippen LogP contribution in [0.2, 0.25) is 0 Å². The Morgan fingerprint density at radius 2 is 2.00 bits per heavy atom. The molecule has 0 aliphatic heterocycles. The molecule has 0 saturated carbocycles. The zero-order valence-corrected chi connectivity index (χ0v) is 12.3. The van der Waals surface area contributed by atoms with Gasteiger partial charge in [-0.1, -0.05) is 23.4 Å². The number of aromatic nitrogens is 1. The molecule has 3 nitrogen and oxygen atoms in total. The molecule has 4 rings (SSSR count). The van der Waals surface area contributed by atoms with Gasteiger partial charge >= 0.3 is 0 Å². The Morgan fingerprint density at radius 3 is 2.81 bits per heavy atom. The molecule has 104 valence electrons. The highest BCUT2D eigenvalue weighted by Crippen LogP contribution is 2.43. The van der Waals surface area contributed by atoms with Gasteiger partial charge in [-0.05, 0) is 23.6 Å². The molecular formula is C15H9FN2OS2. The maximum atomic E-state index is 14.1. The Morgan fingerprint density at radius 1 is 1.14 bits per heavy atom. The highest BCUT2D eigenvalue weighted by Gasteiger charge is 2.21. The van der Waals surface area contributed by atoms with E-state index in [0.29, 0.717) is 16.9 Å². The van der Waals surface area contributed by atoms with Crippen LogP contribution in [0.25, 0.3) is 31.2 Å². The van der Waals surface area contributed by atoms with Gasteiger partial charge in [0, 0.05) is 15.0 Å². The van der Waals surface area contributed by atoms with Gasteiger partial charge in [-0.3, -0.25) is 0 Å². The number of benzene rings is 1. The number of thiophene rings is 2. The van der Waals surface area contributed by atoms with Crippen LogP contribution < -0.4 is 5.73 Å². The van der Waals surface area contributed by atoms with Crippen LogP contribution in [-0.4, -0.2) is 5.16 Å². The molecule has 0 aliphatic carbocycles. The number of nitrogen functional groups attached to an aromatic ring is 1. The SMILES string of the molecule is Nc1noc(-c2cc3sccc3s2)c1-c1ccccc1F. The Hall–Kier alpha value is -2.18. The lowest BCUT2D eigenvalue weighted by Crippen LogP contribution is -1.90. The van der Waals surface area contributed by atoms with Crippen molar-refractivity contribution in [1.29, 1.82) is 0 Å². The van der Waals surface area contributed by atoms with E-state index in [1.165, 1.54) is 15.5 Å². The molecule has 0 fully saturated rings. The number of nitrogens with zero attached hydrogens (tertiary/aromatic N) is 1. The monoisotopic (exact) mass is 316 g/mol. The summed E-state index contributed by atoms with van der Waals surface area (Å²) in [7, 11) is 0. The van der Waals surface area contributed by atoms with E-state index >= 15 is 0 Å². The first kappa shape index (κ1) is 12.6. The van der Waals surface area contributed by atoms with Crippen molar-refractivity contribution in [2.45, 2.75) is 0 Å². The maximum absolute atomic E-state index is 14.1. The second-order valence-corrected chi connectivity index (χ2v) is 6.54. The van der Waals surface area contributed by atoms with E-state index in [0.717, 1.165) is 4.88 Å². The largest absolute Gasteiger partial charge is 0.380 e. The highest BCUT2D eigenvalue weighted by atomic mass is 32.1. The third-order valence-electron chi connectivity index (χ3n) is 3.22. The zero-order chi connectivity index (χ0) is 14.4. The van der Waals surface area contributed by atoms with Crippen LogP contribution in [0.15, 0.2) is 46.3 Å². The minimum atomic E-state index is -0.341. The molecule has 1 aromatic carbocycles. The first-order valence-corrected chi connectivity index (χ1v) is 7.91. The van der Waals surface area contributed by atoms with Crippen molar-refractivity contribution in [3.8, 4) is 21.8 Å². The number of hydrogen-bond donors (Lipinski definition) is 1. The van der Waals surface area contributed by atoms with Gasteiger partial charge in [-0.2, -0.15) is 0 Å². The van der Waals surface area contributed by atoms with Crippen LogP contribution in [0.3, 0.4) is 0 Å². The number of hydrogen-bond acceptors (Lipinski definition) is 5. The van der Waals surface area contributed by atoms with E-state index < -0.39 is 0 Å². The molecular weight excluding hydrogens is 307 g/mol. The summed E-state index contributed by atoms with van der Waals surface area (Å²) in [6.07, 6.45) is 0. The van der Waals surface area contributed by atoms with Gasteiger partial charge in [0.2, 0.25) is 0 Å². The van der Waals surface area contributed by atoms with Crippen LogP contribution in [0.1, 0.15) is 0 Å². The predicted octanol–water partition coefficient (Wildman–Crippen LogP) is 5.01. The van der Waals surface area contributed by atoms with Crippen LogP contribution in [0, 0.1) is 5.82 Å². The van der Waals surface area contributed by atoms with E-state index in [-0.39, 0.29) is 11.6 Å². The van der Waals surface area contributed by atoms with Gasteiger partial charge < -0.3 is 10.3 Å². The fraction of sp³-hybridized carbons (Fsp3) is 0. The first-order chi connectivity index (χ1) is 10.2. The van der Waals surface area contributed by atoms with Crippen molar-refractivity contribution in [3.05, 3.63) is 47.6 Å². The van der Waals surface area contributed by atoms with Crippen LogP contribution >= 0.6 is 22.7 Å². The number of anilines is 1. The third kappa shape index (κ3) is 1.95. The number of rotatable bonds is 2. The van der Waals surface area contributed by atoms with Gasteiger partial charge in [0.15, 0.2) is 11.6 Å². The van der Waals surface area contributed by atoms with Crippen molar-refractivity contribution in [1.82, 2.24) is 5.16 Å². The summed E-state index contributed by atoms with van der Waals surface area (Å²) in [5, 5.41) is 5.85. The van der Waals surface area contributed by atoms with Crippen molar-refractivity contribution < 1.29 is 8.91 Å². The minimum Gasteiger partial charge on any atom is -0.380 e. The first-order valence-electron chi connectivity index (χ1n) is 6.21. The number of nitrogens with two attached hydrogens (primary N) is 1. The summed E-state index contributed by atoms with van der Waals surface area (Å²) in [6.45, 7) is 0. The van der Waals surface area contributed by atoms with Crippen LogP contribution in [-0.2, 0) is 0 Å². The molecule has 0 aliphatic rings. The van der Waals surface area contributed by atoms with Gasteiger partial charge in [0.25, 0.3) is 0 Å². The fourth-order valence-electron chi connectivity index (χ4n) is 2.27. The molecule has 3 heterocycles. The average Bonchev–Trinajstić information content (AvgIpc) is 3.13. The second kappa shape index (κ2) is 4.68. The molecule has 21 heavy (non-hydrogen) atoms. The topological polar surface area (TPSA) is 52.0 Å². The lowest BCUT2D eigenvalue weighted by molar-refractivity contribution is 0.437. The molecule has 0 atom stereocenters. The fourth-order valence-corrected chi connectivity index (χ4v) is 4.36. The van der Waals surface area contributed by atoms with Crippen molar-refractivity contribution >= 4 is 37.9 Å². The van der Waals surface area contributed by atoms with E-state index in [1.54, 1.807) is 40.9 Å². The van der Waals surface area contributed by atoms with E-state index in [4.69, 9.17) is 10.3 Å². The molecule has 6 heteroatoms. The summed E-state index contributed by atoms with van der Waals surface area (Å²) in [5.74, 6) is 0.380. The Bertz CT molecular complexity index is 910. The Labute approximate surface area is 127 Å². The van der Waals surface area contributed by atoms with Gasteiger partial charge in [0.05, 0.1) is 10.4 Å². The standard InChI is InChI=1S/C15H9FN2OS2/c16-9-4-2-1-3-8(9)13-14(19-18-15(13)17)12-7-11-10(21-12)5-6-20-11/h1-7H,(H2,17,18). The van der Waals surface area contributed by atoms with E-state index in [9.17, 15) is 4.39 Å². The summed E-state index contributed by atoms with van der Waals surface area (Å²) < 4.78 is 21.8. The maximum Gasteiger partial charge on any atom is 0.187 e. The van der Waals surface area contributed by atoms with E-state index in [2.05, 4.69) is 11.2 Å². The molecule has 0 spiro atoms. The molecule has 0 radical (unpaired) electrons. The average molecular weight is 316 g/mol. The normalized spacial score (nSPS) is 11.3. The summed E-state index contributed by atoms with van der Waals surface area (Å²) >= 11 is 3.24. The van der Waals surface area contributed by atoms with Crippen LogP contribution in [0.4, 0.5) is 10.2 Å². The third-order valence-corrected chi connectivity index (χ3v) is 5.32. The molecule has 0 amide bonds. The van der Waals surface area contributed by atoms with Gasteiger partial charge in [0.1, 0.15) is 5.82 Å². The number of fused-ring (bicyclic) bond motifs is 1. The van der Waals surface area contributed by atoms with Crippen molar-refractivity contribution in [2.75, 3.05) is 5.73 Å². The molecule has 0 unspecified atom stereocenters. The van der Waals surface area contributed by atoms with Crippen molar-refractivity contribution in [2.24, 2.45) is 0 Å². The predicted molar refractivity (Wildman–Crippen MR) is 85.0 cm³/mol. The summed E-state index contributed by atoms with van der Waals surface area (Å²) in [6, 6.07) is 10.6. The Balaban J connectivity index is 1.95. The van der Waals surface area contributed by atoms with Crippen LogP contribution in [0.5, 0.6) is 0 Å². The van der Waals surface area contributed by atoms with Gasteiger partial charge in [-0.25, -0.2) is 4.39 Å². The van der Waals surface area contributed by atoms with Crippen molar-refractivity contribution in [3.63, 3.8) is 0 Å². The Kier molecular flexibility index (Phi) is 2.80. The second-order valence-electron chi connectivity index (χ2n) is 4.51.